The Hall–Kier alpha value is -1.13. The summed E-state index contributed by atoms with van der Waals surface area (Å²) in [4.78, 5) is 0. The summed E-state index contributed by atoms with van der Waals surface area (Å²) in [7, 11) is -2.76. The van der Waals surface area contributed by atoms with E-state index in [0.29, 0.717) is 5.41 Å². The maximum Gasteiger partial charge on any atom is 0.0779 e. The second-order valence-electron chi connectivity index (χ2n) is 14.0. The molecule has 0 N–H and O–H groups in total. The number of benzene rings is 2. The van der Waals surface area contributed by atoms with Gasteiger partial charge in [-0.05, 0) is 71.6 Å². The molecular weight excluding hydrogens is 441 g/mol. The molecule has 0 amide bonds. The summed E-state index contributed by atoms with van der Waals surface area (Å²) in [6.07, 6.45) is 7.37. The van der Waals surface area contributed by atoms with Crippen molar-refractivity contribution in [2.45, 2.75) is 130 Å². The van der Waals surface area contributed by atoms with E-state index in [2.05, 4.69) is 117 Å². The van der Waals surface area contributed by atoms with Crippen molar-refractivity contribution in [1.29, 1.82) is 0 Å². The van der Waals surface area contributed by atoms with Crippen molar-refractivity contribution in [3.63, 3.8) is 0 Å². The highest BCUT2D eigenvalue weighted by Crippen LogP contribution is 2.32. The predicted molar refractivity (Wildman–Crippen MR) is 162 cm³/mol. The Bertz CT molecular complexity index is 944. The van der Waals surface area contributed by atoms with Crippen LogP contribution < -0.4 is 10.4 Å². The molecule has 2 aromatic rings. The van der Waals surface area contributed by atoms with Crippen molar-refractivity contribution in [1.82, 2.24) is 0 Å². The summed E-state index contributed by atoms with van der Waals surface area (Å²) in [5, 5.41) is 3.34. The molecule has 0 aliphatic rings. The van der Waals surface area contributed by atoms with Crippen LogP contribution in [0.15, 0.2) is 36.4 Å². The summed E-state index contributed by atoms with van der Waals surface area (Å²) in [5.41, 5.74) is 6.78. The van der Waals surface area contributed by atoms with Crippen molar-refractivity contribution in [2.75, 3.05) is 0 Å². The number of hydrogen-bond acceptors (Lipinski definition) is 0. The maximum absolute atomic E-state index is 2.59. The van der Waals surface area contributed by atoms with Crippen molar-refractivity contribution < 1.29 is 0 Å². The molecule has 0 spiro atoms. The van der Waals surface area contributed by atoms with Crippen LogP contribution in [-0.4, -0.2) is 16.1 Å². The topological polar surface area (TPSA) is 0 Å². The van der Waals surface area contributed by atoms with Gasteiger partial charge in [-0.25, -0.2) is 0 Å². The largest absolute Gasteiger partial charge is 0.0779 e. The van der Waals surface area contributed by atoms with Crippen LogP contribution in [0.5, 0.6) is 0 Å². The zero-order valence-corrected chi connectivity index (χ0v) is 26.7. The van der Waals surface area contributed by atoms with Crippen molar-refractivity contribution in [3.8, 4) is 0 Å². The van der Waals surface area contributed by atoms with Gasteiger partial charge in [0, 0.05) is 0 Å². The monoisotopic (exact) mass is 494 g/mol. The van der Waals surface area contributed by atoms with E-state index in [0.717, 1.165) is 0 Å². The van der Waals surface area contributed by atoms with Crippen molar-refractivity contribution >= 4 is 26.5 Å². The second kappa shape index (κ2) is 10.9. The Morgan fingerprint density at radius 1 is 0.588 bits per heavy atom. The average molecular weight is 495 g/mol. The van der Waals surface area contributed by atoms with Gasteiger partial charge in [-0.3, -0.25) is 0 Å². The van der Waals surface area contributed by atoms with Crippen molar-refractivity contribution in [2.24, 2.45) is 0 Å². The van der Waals surface area contributed by atoms with E-state index in [1.807, 2.05) is 0 Å². The average Bonchev–Trinajstić information content (AvgIpc) is 2.74. The Labute approximate surface area is 215 Å². The third-order valence-electron chi connectivity index (χ3n) is 7.98. The van der Waals surface area contributed by atoms with Gasteiger partial charge in [-0.15, -0.1) is 0 Å². The minimum atomic E-state index is -1.39. The number of aryl methyl sites for hydroxylation is 2. The lowest BCUT2D eigenvalue weighted by Crippen LogP contribution is -2.44. The zero-order chi connectivity index (χ0) is 25.9. The highest BCUT2D eigenvalue weighted by molar-refractivity contribution is 6.89. The summed E-state index contributed by atoms with van der Waals surface area (Å²) < 4.78 is 0. The Kier molecular flexibility index (Phi) is 9.30. The van der Waals surface area contributed by atoms with E-state index in [1.54, 1.807) is 27.1 Å². The smallest absolute Gasteiger partial charge is 0.0656 e. The fourth-order valence-corrected chi connectivity index (χ4v) is 8.90. The van der Waals surface area contributed by atoms with Crippen LogP contribution in [0.3, 0.4) is 0 Å². The first-order valence-electron chi connectivity index (χ1n) is 13.8. The third-order valence-corrected chi connectivity index (χ3v) is 12.0. The van der Waals surface area contributed by atoms with E-state index in [-0.39, 0.29) is 5.41 Å². The van der Waals surface area contributed by atoms with Crippen molar-refractivity contribution in [3.05, 3.63) is 58.7 Å². The standard InChI is InChI=1S/C32H54Si2/c1-13-32(6,14-2)28-22-20-26(24-30(28)34(10,11)12)18-16-15-17-25-19-21-27(31(3,4)5)29(23-25)33(7,8)9/h19-24H,13-18H2,1-12H3. The first-order valence-corrected chi connectivity index (χ1v) is 20.8. The fourth-order valence-electron chi connectivity index (χ4n) is 5.20. The lowest BCUT2D eigenvalue weighted by atomic mass is 9.77. The van der Waals surface area contributed by atoms with Crippen LogP contribution in [0.1, 0.15) is 89.5 Å². The quantitative estimate of drug-likeness (QED) is 0.229. The molecule has 190 valence electrons. The molecule has 0 bridgehead atoms. The SMILES string of the molecule is CCC(C)(CC)c1ccc(CCCCc2ccc(C(C)(C)C)c([Si](C)(C)C)c2)cc1[Si](C)(C)C. The number of unbranched alkanes of at least 4 members (excludes halogenated alkanes) is 1. The highest BCUT2D eigenvalue weighted by Gasteiger charge is 2.30. The van der Waals surface area contributed by atoms with Crippen LogP contribution in [0, 0.1) is 0 Å². The van der Waals surface area contributed by atoms with E-state index < -0.39 is 16.1 Å². The molecule has 0 nitrogen and oxygen atoms in total. The molecule has 34 heavy (non-hydrogen) atoms. The molecule has 0 atom stereocenters. The number of rotatable bonds is 10. The molecule has 2 heteroatoms. The zero-order valence-electron chi connectivity index (χ0n) is 24.7. The van der Waals surface area contributed by atoms with Gasteiger partial charge < -0.3 is 0 Å². The number of hydrogen-bond donors (Lipinski definition) is 0. The van der Waals surface area contributed by atoms with Gasteiger partial charge in [-0.1, -0.05) is 128 Å². The van der Waals surface area contributed by atoms with Crippen LogP contribution in [0.4, 0.5) is 0 Å². The summed E-state index contributed by atoms with van der Waals surface area (Å²) in [5.74, 6) is 0. The third kappa shape index (κ3) is 7.20. The second-order valence-corrected chi connectivity index (χ2v) is 24.1. The molecule has 2 aromatic carbocycles. The molecule has 2 rings (SSSR count). The van der Waals surface area contributed by atoms with Gasteiger partial charge in [0.25, 0.3) is 0 Å². The molecule has 0 aliphatic heterocycles. The van der Waals surface area contributed by atoms with E-state index in [4.69, 9.17) is 0 Å². The summed E-state index contributed by atoms with van der Waals surface area (Å²) in [6, 6.07) is 14.9. The lowest BCUT2D eigenvalue weighted by molar-refractivity contribution is 0.441. The highest BCUT2D eigenvalue weighted by atomic mass is 28.3. The minimum absolute atomic E-state index is 0.222. The van der Waals surface area contributed by atoms with Gasteiger partial charge in [0.05, 0.1) is 16.1 Å². The molecular formula is C32H54Si2. The van der Waals surface area contributed by atoms with Crippen LogP contribution in [0.2, 0.25) is 39.3 Å². The fraction of sp³-hybridized carbons (Fsp3) is 0.625. The lowest BCUT2D eigenvalue weighted by Gasteiger charge is -2.34. The summed E-state index contributed by atoms with van der Waals surface area (Å²) >= 11 is 0. The predicted octanol–water partition coefficient (Wildman–Crippen LogP) is 8.72. The van der Waals surface area contributed by atoms with E-state index in [9.17, 15) is 0 Å². The first-order chi connectivity index (χ1) is 15.5. The molecule has 0 aliphatic carbocycles. The van der Waals surface area contributed by atoms with Gasteiger partial charge in [0.2, 0.25) is 0 Å². The minimum Gasteiger partial charge on any atom is -0.0656 e. The molecule has 0 unspecified atom stereocenters. The van der Waals surface area contributed by atoms with E-state index >= 15 is 0 Å². The molecule has 0 radical (unpaired) electrons. The van der Waals surface area contributed by atoms with Gasteiger partial charge in [-0.2, -0.15) is 0 Å². The molecule has 0 aromatic heterocycles. The van der Waals surface area contributed by atoms with Crippen LogP contribution >= 0.6 is 0 Å². The molecule has 0 heterocycles. The molecule has 0 saturated carbocycles. The van der Waals surface area contributed by atoms with Gasteiger partial charge in [0.1, 0.15) is 0 Å². The molecule has 0 fully saturated rings. The van der Waals surface area contributed by atoms with E-state index in [1.165, 1.54) is 44.1 Å². The first kappa shape index (κ1) is 29.1. The Balaban J connectivity index is 2.15. The van der Waals surface area contributed by atoms with Gasteiger partial charge in [0.15, 0.2) is 0 Å². The van der Waals surface area contributed by atoms with Crippen LogP contribution in [0.25, 0.3) is 0 Å². The Morgan fingerprint density at radius 3 is 1.32 bits per heavy atom. The normalized spacial score (nSPS) is 13.4. The maximum atomic E-state index is 2.59. The summed E-state index contributed by atoms with van der Waals surface area (Å²) in [6.45, 7) is 29.2. The Morgan fingerprint density at radius 2 is 0.971 bits per heavy atom. The van der Waals surface area contributed by atoms with Crippen LogP contribution in [-0.2, 0) is 23.7 Å². The molecule has 0 saturated heterocycles. The van der Waals surface area contributed by atoms with Gasteiger partial charge >= 0.3 is 0 Å².